The summed E-state index contributed by atoms with van der Waals surface area (Å²) in [6.45, 7) is 4.52. The molecule has 0 saturated carbocycles. The number of aromatic nitrogens is 3. The summed E-state index contributed by atoms with van der Waals surface area (Å²) < 4.78 is 19.0. The molecule has 0 bridgehead atoms. The number of carbonyl (C=O) groups excluding carboxylic acids is 3. The molecular formula is C42H41BFN7O4. The molecule has 1 N–H and O–H groups in total. The van der Waals surface area contributed by atoms with Gasteiger partial charge in [0.1, 0.15) is 13.9 Å². The Labute approximate surface area is 319 Å². The van der Waals surface area contributed by atoms with Crippen molar-refractivity contribution in [1.82, 2.24) is 24.6 Å². The van der Waals surface area contributed by atoms with Crippen LogP contribution in [0.5, 0.6) is 0 Å². The zero-order valence-corrected chi connectivity index (χ0v) is 30.9. The molecule has 11 nitrogen and oxygen atoms in total. The molecule has 2 atom stereocenters. The lowest BCUT2D eigenvalue weighted by Gasteiger charge is -2.34. The molecule has 6 heterocycles. The highest BCUT2D eigenvalue weighted by Crippen LogP contribution is 2.42. The smallest absolute Gasteiger partial charge is 0.255 e. The minimum Gasteiger partial charge on any atom is -0.371 e. The number of imide groups is 1. The molecule has 2 aromatic heterocycles. The van der Waals surface area contributed by atoms with Gasteiger partial charge in [0.15, 0.2) is 0 Å². The van der Waals surface area contributed by atoms with Crippen molar-refractivity contribution in [1.29, 1.82) is 0 Å². The fourth-order valence-electron chi connectivity index (χ4n) is 9.05. The van der Waals surface area contributed by atoms with Gasteiger partial charge in [-0.1, -0.05) is 6.07 Å². The number of benzene rings is 3. The number of amides is 3. The van der Waals surface area contributed by atoms with Crippen molar-refractivity contribution in [3.8, 4) is 11.3 Å². The number of hydrogen-bond acceptors (Lipinski definition) is 7. The largest absolute Gasteiger partial charge is 0.371 e. The van der Waals surface area contributed by atoms with E-state index in [2.05, 4.69) is 27.2 Å². The van der Waals surface area contributed by atoms with Crippen molar-refractivity contribution in [2.75, 3.05) is 29.4 Å². The molecule has 13 heteroatoms. The molecule has 278 valence electrons. The fourth-order valence-corrected chi connectivity index (χ4v) is 9.05. The summed E-state index contributed by atoms with van der Waals surface area (Å²) >= 11 is 0. The Hall–Kier alpha value is -5.72. The van der Waals surface area contributed by atoms with Crippen molar-refractivity contribution >= 4 is 53.5 Å². The lowest BCUT2D eigenvalue weighted by atomic mass is 9.85. The molecule has 2 saturated heterocycles. The van der Waals surface area contributed by atoms with Crippen molar-refractivity contribution in [3.05, 3.63) is 105 Å². The number of fused-ring (bicyclic) bond motifs is 3. The van der Waals surface area contributed by atoms with Crippen LogP contribution in [0.15, 0.2) is 71.7 Å². The first kappa shape index (κ1) is 35.0. The van der Waals surface area contributed by atoms with E-state index in [-0.39, 0.29) is 29.8 Å². The maximum atomic E-state index is 15.3. The van der Waals surface area contributed by atoms with Crippen LogP contribution in [-0.2, 0) is 29.6 Å². The summed E-state index contributed by atoms with van der Waals surface area (Å²) in [5, 5.41) is 8.32. The molecule has 3 amide bonds. The summed E-state index contributed by atoms with van der Waals surface area (Å²) in [4.78, 5) is 56.1. The van der Waals surface area contributed by atoms with E-state index in [0.717, 1.165) is 84.4 Å². The van der Waals surface area contributed by atoms with Gasteiger partial charge in [-0.05, 0) is 110 Å². The maximum absolute atomic E-state index is 15.3. The molecule has 5 aromatic rings. The third kappa shape index (κ3) is 6.00. The molecule has 3 aromatic carbocycles. The van der Waals surface area contributed by atoms with Crippen LogP contribution >= 0.6 is 0 Å². The zero-order valence-electron chi connectivity index (χ0n) is 30.9. The lowest BCUT2D eigenvalue weighted by Crippen LogP contribution is -2.52. The number of halogens is 1. The van der Waals surface area contributed by atoms with Crippen molar-refractivity contribution in [2.24, 2.45) is 7.05 Å². The Bertz CT molecular complexity index is 2470. The third-order valence-corrected chi connectivity index (χ3v) is 12.0. The van der Waals surface area contributed by atoms with Crippen LogP contribution in [-0.4, -0.2) is 70.5 Å². The van der Waals surface area contributed by atoms with E-state index in [0.29, 0.717) is 40.9 Å². The molecule has 0 spiro atoms. The molecule has 2 unspecified atom stereocenters. The van der Waals surface area contributed by atoms with Crippen LogP contribution < -0.4 is 20.7 Å². The molecular weight excluding hydrogens is 696 g/mol. The fraction of sp³-hybridized carbons (Fsp3) is 0.357. The van der Waals surface area contributed by atoms with E-state index in [1.54, 1.807) is 16.5 Å². The minimum atomic E-state index is -1.70. The monoisotopic (exact) mass is 737 g/mol. The second-order valence-corrected chi connectivity index (χ2v) is 15.3. The summed E-state index contributed by atoms with van der Waals surface area (Å²) in [5.41, 5.74) is 8.78. The molecule has 0 aliphatic carbocycles. The number of nitrogens with zero attached hydrogens (tertiary/aromatic N) is 6. The van der Waals surface area contributed by atoms with Gasteiger partial charge < -0.3 is 19.3 Å². The topological polar surface area (TPSA) is 113 Å². The Morgan fingerprint density at radius 2 is 1.71 bits per heavy atom. The van der Waals surface area contributed by atoms with Crippen LogP contribution in [0.4, 0.5) is 21.5 Å². The van der Waals surface area contributed by atoms with Gasteiger partial charge in [0.05, 0.1) is 29.0 Å². The SMILES string of the molecule is [B]C(F)c1cc2c(cc1-c1ccn(C3CCN(c4ccc5c(c4)CN(C4CCC(=O)NC4=O)C5=O)CC3)n1)CCCN2c1cccc2c1cc(C)c(=O)n2C. The zero-order chi connectivity index (χ0) is 38.1. The van der Waals surface area contributed by atoms with Gasteiger partial charge in [-0.15, -0.1) is 0 Å². The second kappa shape index (κ2) is 13.5. The number of alkyl halides is 1. The van der Waals surface area contributed by atoms with Crippen LogP contribution in [0.2, 0.25) is 0 Å². The molecule has 4 aliphatic heterocycles. The number of nitrogens with one attached hydrogen (secondary N) is 1. The Morgan fingerprint density at radius 1 is 0.891 bits per heavy atom. The second-order valence-electron chi connectivity index (χ2n) is 15.3. The Balaban J connectivity index is 0.927. The summed E-state index contributed by atoms with van der Waals surface area (Å²) in [5.74, 6) is -0.885. The van der Waals surface area contributed by atoms with Gasteiger partial charge in [-0.2, -0.15) is 5.10 Å². The Morgan fingerprint density at radius 3 is 2.49 bits per heavy atom. The van der Waals surface area contributed by atoms with Gasteiger partial charge in [0.2, 0.25) is 11.8 Å². The van der Waals surface area contributed by atoms with Crippen molar-refractivity contribution < 1.29 is 18.8 Å². The lowest BCUT2D eigenvalue weighted by molar-refractivity contribution is -0.136. The highest BCUT2D eigenvalue weighted by Gasteiger charge is 2.39. The van der Waals surface area contributed by atoms with E-state index in [4.69, 9.17) is 12.9 Å². The third-order valence-electron chi connectivity index (χ3n) is 12.0. The minimum absolute atomic E-state index is 0.0246. The van der Waals surface area contributed by atoms with Crippen LogP contribution in [0.1, 0.15) is 76.8 Å². The molecule has 55 heavy (non-hydrogen) atoms. The van der Waals surface area contributed by atoms with E-state index < -0.39 is 18.0 Å². The number of piperidine rings is 2. The van der Waals surface area contributed by atoms with Gasteiger partial charge in [-0.25, -0.2) is 0 Å². The number of aryl methyl sites for hydroxylation is 3. The predicted molar refractivity (Wildman–Crippen MR) is 209 cm³/mol. The average molecular weight is 738 g/mol. The summed E-state index contributed by atoms with van der Waals surface area (Å²) in [7, 11) is 7.81. The van der Waals surface area contributed by atoms with E-state index in [1.807, 2.05) is 66.3 Å². The first-order valence-corrected chi connectivity index (χ1v) is 19.1. The summed E-state index contributed by atoms with van der Waals surface area (Å²) in [6.07, 6.45) is 4.30. The number of hydrogen-bond donors (Lipinski definition) is 1. The van der Waals surface area contributed by atoms with Crippen LogP contribution in [0.3, 0.4) is 0 Å². The van der Waals surface area contributed by atoms with Gasteiger partial charge in [0, 0.05) is 79.3 Å². The first-order valence-electron chi connectivity index (χ1n) is 19.1. The maximum Gasteiger partial charge on any atom is 0.255 e. The predicted octanol–water partition coefficient (Wildman–Crippen LogP) is 5.53. The first-order chi connectivity index (χ1) is 26.5. The van der Waals surface area contributed by atoms with E-state index in [9.17, 15) is 19.2 Å². The van der Waals surface area contributed by atoms with Gasteiger partial charge in [-0.3, -0.25) is 33.6 Å². The van der Waals surface area contributed by atoms with Crippen molar-refractivity contribution in [2.45, 2.75) is 70.1 Å². The average Bonchev–Trinajstić information content (AvgIpc) is 3.81. The highest BCUT2D eigenvalue weighted by atomic mass is 19.1. The van der Waals surface area contributed by atoms with Gasteiger partial charge >= 0.3 is 0 Å². The Kier molecular flexibility index (Phi) is 8.62. The van der Waals surface area contributed by atoms with Gasteiger partial charge in [0.25, 0.3) is 11.5 Å². The number of rotatable bonds is 6. The van der Waals surface area contributed by atoms with E-state index in [1.165, 1.54) is 0 Å². The summed E-state index contributed by atoms with van der Waals surface area (Å²) in [6, 6.07) is 19.2. The molecule has 4 aliphatic rings. The quantitative estimate of drug-likeness (QED) is 0.180. The normalized spacial score (nSPS) is 19.5. The van der Waals surface area contributed by atoms with Crippen molar-refractivity contribution in [3.63, 3.8) is 0 Å². The van der Waals surface area contributed by atoms with Crippen LogP contribution in [0, 0.1) is 6.92 Å². The highest BCUT2D eigenvalue weighted by molar-refractivity contribution is 6.12. The molecule has 2 radical (unpaired) electrons. The van der Waals surface area contributed by atoms with Crippen LogP contribution in [0.25, 0.3) is 22.2 Å². The van der Waals surface area contributed by atoms with E-state index >= 15 is 4.39 Å². The molecule has 2 fully saturated rings. The number of pyridine rings is 1. The standard InChI is InChI=1S/C42H41BFN7O4/c1-24-19-32-34(47(2)41(24)54)6-3-7-35(32)49-15-4-5-25-21-30(31(39(43)44)22-37(25)49)33-14-18-51(46-33)27-12-16-48(17-13-27)28-8-9-29-26(20-28)23-50(42(29)55)36-10-11-38(52)45-40(36)53/h3,6-9,14,18-22,27,36,39H,4-5,10-13,15-17,23H2,1-2H3,(H,45,52,53). The number of carbonyl (C=O) groups is 3. The molecule has 9 rings (SSSR count). The number of anilines is 3.